The van der Waals surface area contributed by atoms with Gasteiger partial charge in [-0.15, -0.1) is 0 Å². The van der Waals surface area contributed by atoms with Gasteiger partial charge in [-0.2, -0.15) is 0 Å². The van der Waals surface area contributed by atoms with Crippen molar-refractivity contribution in [2.24, 2.45) is 0 Å². The Hall–Kier alpha value is -4.86. The van der Waals surface area contributed by atoms with Gasteiger partial charge in [-0.25, -0.2) is 35.9 Å². The number of hydrogen-bond acceptors (Lipinski definition) is 4. The van der Waals surface area contributed by atoms with Crippen molar-refractivity contribution in [3.8, 4) is 11.5 Å². The van der Waals surface area contributed by atoms with E-state index < -0.39 is 58.0 Å². The third kappa shape index (κ3) is 4.40. The summed E-state index contributed by atoms with van der Waals surface area (Å²) in [5, 5.41) is 2.31. The second-order valence-electron chi connectivity index (χ2n) is 8.06. The molecule has 0 saturated heterocycles. The molecule has 0 aromatic heterocycles. The summed E-state index contributed by atoms with van der Waals surface area (Å²) in [6, 6.07) is 15.0. The minimum atomic E-state index is -1.81. The lowest BCUT2D eigenvalue weighted by molar-refractivity contribution is 0.0718. The number of hydrogen-bond donors (Lipinski definition) is 0. The number of ether oxygens (including phenoxy) is 2. The number of rotatable bonds is 4. The van der Waals surface area contributed by atoms with Gasteiger partial charge in [0.15, 0.2) is 34.9 Å². The Morgan fingerprint density at radius 3 is 1.24 bits per heavy atom. The maximum Gasteiger partial charge on any atom is 0.346 e. The lowest BCUT2D eigenvalue weighted by atomic mass is 10.0. The number of carbonyl (C=O) groups is 2. The molecule has 0 fully saturated rings. The van der Waals surface area contributed by atoms with Gasteiger partial charge in [-0.1, -0.05) is 24.3 Å². The van der Waals surface area contributed by atoms with E-state index >= 15 is 0 Å². The normalized spacial score (nSPS) is 11.1. The van der Waals surface area contributed by atoms with Crippen LogP contribution < -0.4 is 9.47 Å². The van der Waals surface area contributed by atoms with E-state index in [9.17, 15) is 35.9 Å². The predicted octanol–water partition coefficient (Wildman–Crippen LogP) is 7.27. The molecule has 0 aliphatic rings. The maximum absolute atomic E-state index is 14.0. The molecule has 0 saturated carbocycles. The van der Waals surface area contributed by atoms with Gasteiger partial charge in [0.2, 0.25) is 0 Å². The van der Waals surface area contributed by atoms with Gasteiger partial charge in [0.1, 0.15) is 11.5 Å². The topological polar surface area (TPSA) is 52.6 Å². The summed E-state index contributed by atoms with van der Waals surface area (Å²) in [5.74, 6) is -12.5. The van der Waals surface area contributed by atoms with Crippen molar-refractivity contribution in [1.82, 2.24) is 0 Å². The van der Waals surface area contributed by atoms with Crippen molar-refractivity contribution in [3.05, 3.63) is 119 Å². The van der Waals surface area contributed by atoms with Gasteiger partial charge in [-0.3, -0.25) is 0 Å². The highest BCUT2D eigenvalue weighted by Crippen LogP contribution is 2.32. The van der Waals surface area contributed by atoms with Crippen LogP contribution in [0.15, 0.2) is 72.8 Å². The second-order valence-corrected chi connectivity index (χ2v) is 8.06. The second kappa shape index (κ2) is 9.55. The molecule has 0 spiro atoms. The van der Waals surface area contributed by atoms with E-state index in [2.05, 4.69) is 0 Å². The van der Waals surface area contributed by atoms with Gasteiger partial charge in [0.05, 0.1) is 11.1 Å². The molecule has 10 heteroatoms. The highest BCUT2D eigenvalue weighted by molar-refractivity contribution is 6.09. The Morgan fingerprint density at radius 2 is 0.842 bits per heavy atom. The highest BCUT2D eigenvalue weighted by atomic mass is 19.2. The van der Waals surface area contributed by atoms with E-state index in [1.807, 2.05) is 0 Å². The SMILES string of the molecule is O=C(Oc1ccc2ccc3ccc(OC(=O)c4ccc(F)c(F)c4F)cc3c2c1)c1ccc(F)c(F)c1F. The fraction of sp³-hybridized carbons (Fsp3) is 0. The Kier molecular flexibility index (Phi) is 6.23. The summed E-state index contributed by atoms with van der Waals surface area (Å²) >= 11 is 0. The average Bonchev–Trinajstić information content (AvgIpc) is 2.90. The predicted molar refractivity (Wildman–Crippen MR) is 124 cm³/mol. The van der Waals surface area contributed by atoms with Crippen molar-refractivity contribution in [1.29, 1.82) is 0 Å². The molecule has 0 bridgehead atoms. The van der Waals surface area contributed by atoms with Crippen LogP contribution in [0.4, 0.5) is 26.3 Å². The summed E-state index contributed by atoms with van der Waals surface area (Å²) in [6.45, 7) is 0. The summed E-state index contributed by atoms with van der Waals surface area (Å²) in [7, 11) is 0. The van der Waals surface area contributed by atoms with E-state index in [0.717, 1.165) is 12.1 Å². The molecule has 0 aliphatic heterocycles. The standard InChI is InChI=1S/C28H12F6O4/c29-21-9-7-17(23(31)25(21)33)27(35)37-15-5-3-13-1-2-14-4-6-16(12-20(14)19(13)11-15)38-28(36)18-8-10-22(30)26(34)24(18)32/h1-12H. The molecule has 0 unspecified atom stereocenters. The van der Waals surface area contributed by atoms with E-state index in [1.165, 1.54) is 24.3 Å². The highest BCUT2D eigenvalue weighted by Gasteiger charge is 2.22. The summed E-state index contributed by atoms with van der Waals surface area (Å²) in [4.78, 5) is 24.8. The number of benzene rings is 5. The molecule has 190 valence electrons. The first-order valence-electron chi connectivity index (χ1n) is 10.8. The van der Waals surface area contributed by atoms with Crippen molar-refractivity contribution >= 4 is 33.5 Å². The minimum Gasteiger partial charge on any atom is -0.423 e. The van der Waals surface area contributed by atoms with Gasteiger partial charge >= 0.3 is 11.9 Å². The monoisotopic (exact) mass is 526 g/mol. The van der Waals surface area contributed by atoms with Crippen molar-refractivity contribution in [2.75, 3.05) is 0 Å². The lowest BCUT2D eigenvalue weighted by Gasteiger charge is -2.11. The molecule has 0 radical (unpaired) electrons. The molecule has 5 rings (SSSR count). The van der Waals surface area contributed by atoms with E-state index in [1.54, 1.807) is 24.3 Å². The zero-order chi connectivity index (χ0) is 27.1. The molecule has 0 amide bonds. The van der Waals surface area contributed by atoms with Crippen molar-refractivity contribution in [2.45, 2.75) is 0 Å². The molecule has 38 heavy (non-hydrogen) atoms. The largest absolute Gasteiger partial charge is 0.423 e. The molecular weight excluding hydrogens is 514 g/mol. The molecule has 0 aliphatic carbocycles. The van der Waals surface area contributed by atoms with E-state index in [-0.39, 0.29) is 11.5 Å². The van der Waals surface area contributed by atoms with Crippen LogP contribution in [0.2, 0.25) is 0 Å². The van der Waals surface area contributed by atoms with Crippen molar-refractivity contribution in [3.63, 3.8) is 0 Å². The number of carbonyl (C=O) groups excluding carboxylic acids is 2. The van der Waals surface area contributed by atoms with Gasteiger partial charge < -0.3 is 9.47 Å². The summed E-state index contributed by atoms with van der Waals surface area (Å²) < 4.78 is 91.7. The average molecular weight is 526 g/mol. The lowest BCUT2D eigenvalue weighted by Crippen LogP contribution is -2.12. The molecule has 0 atom stereocenters. The third-order valence-corrected chi connectivity index (χ3v) is 5.71. The van der Waals surface area contributed by atoms with Crippen LogP contribution in [0.5, 0.6) is 11.5 Å². The van der Waals surface area contributed by atoms with Crippen LogP contribution >= 0.6 is 0 Å². The number of esters is 2. The fourth-order valence-electron chi connectivity index (χ4n) is 3.83. The third-order valence-electron chi connectivity index (χ3n) is 5.71. The molecule has 0 N–H and O–H groups in total. The molecule has 0 heterocycles. The molecule has 5 aromatic carbocycles. The van der Waals surface area contributed by atoms with E-state index in [0.29, 0.717) is 33.7 Å². The zero-order valence-corrected chi connectivity index (χ0v) is 18.8. The molecular formula is C28H12F6O4. The first kappa shape index (κ1) is 24.8. The van der Waals surface area contributed by atoms with Gasteiger partial charge in [-0.05, 0) is 70.1 Å². The van der Waals surface area contributed by atoms with Crippen LogP contribution in [0.1, 0.15) is 20.7 Å². The van der Waals surface area contributed by atoms with Crippen molar-refractivity contribution < 1.29 is 45.4 Å². The Labute approximate surface area is 209 Å². The van der Waals surface area contributed by atoms with Gasteiger partial charge in [0.25, 0.3) is 0 Å². The van der Waals surface area contributed by atoms with Crippen LogP contribution in [0.25, 0.3) is 21.5 Å². The quantitative estimate of drug-likeness (QED) is 0.0813. The zero-order valence-electron chi connectivity index (χ0n) is 18.8. The summed E-state index contributed by atoms with van der Waals surface area (Å²) in [5.41, 5.74) is -1.61. The van der Waals surface area contributed by atoms with Crippen LogP contribution in [-0.4, -0.2) is 11.9 Å². The van der Waals surface area contributed by atoms with Crippen LogP contribution in [0.3, 0.4) is 0 Å². The number of halogens is 6. The molecule has 4 nitrogen and oxygen atoms in total. The Bertz CT molecular complexity index is 1650. The number of fused-ring (bicyclic) bond motifs is 3. The maximum atomic E-state index is 14.0. The van der Waals surface area contributed by atoms with Crippen LogP contribution in [-0.2, 0) is 0 Å². The fourth-order valence-corrected chi connectivity index (χ4v) is 3.83. The Morgan fingerprint density at radius 1 is 0.474 bits per heavy atom. The first-order valence-corrected chi connectivity index (χ1v) is 10.8. The van der Waals surface area contributed by atoms with Gasteiger partial charge in [0, 0.05) is 0 Å². The first-order chi connectivity index (χ1) is 18.1. The van der Waals surface area contributed by atoms with E-state index in [4.69, 9.17) is 9.47 Å². The minimum absolute atomic E-state index is 0.0506. The smallest absolute Gasteiger partial charge is 0.346 e. The van der Waals surface area contributed by atoms with Crippen LogP contribution in [0, 0.1) is 34.9 Å². The molecule has 5 aromatic rings. The Balaban J connectivity index is 1.49. The summed E-state index contributed by atoms with van der Waals surface area (Å²) in [6.07, 6.45) is 0.